The third kappa shape index (κ3) is 4.05. The van der Waals surface area contributed by atoms with Gasteiger partial charge in [-0.05, 0) is 36.1 Å². The molecule has 1 aliphatic rings. The smallest absolute Gasteiger partial charge is 0.313 e. The van der Waals surface area contributed by atoms with E-state index in [0.717, 1.165) is 23.3 Å². The molecule has 0 radical (unpaired) electrons. The lowest BCUT2D eigenvalue weighted by atomic mass is 9.80. The van der Waals surface area contributed by atoms with Gasteiger partial charge in [0.1, 0.15) is 11.6 Å². The zero-order valence-corrected chi connectivity index (χ0v) is 13.9. The lowest BCUT2D eigenvalue weighted by Gasteiger charge is -2.33. The molecule has 1 atom stereocenters. The monoisotopic (exact) mass is 360 g/mol. The maximum Gasteiger partial charge on any atom is 0.313 e. The summed E-state index contributed by atoms with van der Waals surface area (Å²) in [7, 11) is 0. The first-order chi connectivity index (χ1) is 12.4. The summed E-state index contributed by atoms with van der Waals surface area (Å²) in [6.07, 6.45) is 1.51. The average Bonchev–Trinajstić information content (AvgIpc) is 2.62. The van der Waals surface area contributed by atoms with Gasteiger partial charge in [0.2, 0.25) is 0 Å². The molecule has 0 saturated heterocycles. The fourth-order valence-electron chi connectivity index (χ4n) is 3.03. The van der Waals surface area contributed by atoms with Gasteiger partial charge in [0.15, 0.2) is 0 Å². The predicted molar refractivity (Wildman–Crippen MR) is 91.4 cm³/mol. The molecule has 26 heavy (non-hydrogen) atoms. The standard InChI is InChI=1S/C19H18F2N2O3/c20-14-5-6-16(15(21)9-14)23-18(25)17(24)22-11-19(26)8-7-12-3-1-2-4-13(12)10-19/h1-6,9,26H,7-8,10-11H2,(H,22,24)(H,23,25). The first-order valence-corrected chi connectivity index (χ1v) is 8.20. The van der Waals surface area contributed by atoms with Crippen LogP contribution in [0.3, 0.4) is 0 Å². The summed E-state index contributed by atoms with van der Waals surface area (Å²) in [6.45, 7) is -0.0977. The molecule has 1 aliphatic carbocycles. The van der Waals surface area contributed by atoms with E-state index in [1.54, 1.807) is 0 Å². The zero-order chi connectivity index (χ0) is 18.7. The van der Waals surface area contributed by atoms with Crippen molar-refractivity contribution in [3.05, 3.63) is 65.2 Å². The van der Waals surface area contributed by atoms with Gasteiger partial charge in [-0.25, -0.2) is 8.78 Å². The molecule has 2 aromatic rings. The van der Waals surface area contributed by atoms with Gasteiger partial charge in [-0.3, -0.25) is 9.59 Å². The Bertz CT molecular complexity index is 856. The van der Waals surface area contributed by atoms with Crippen LogP contribution in [0, 0.1) is 11.6 Å². The van der Waals surface area contributed by atoms with Crippen LogP contribution in [0.5, 0.6) is 0 Å². The second-order valence-electron chi connectivity index (χ2n) is 6.43. The number of rotatable bonds is 3. The minimum Gasteiger partial charge on any atom is -0.388 e. The van der Waals surface area contributed by atoms with E-state index in [1.807, 2.05) is 24.3 Å². The van der Waals surface area contributed by atoms with Gasteiger partial charge < -0.3 is 15.7 Å². The molecule has 5 nitrogen and oxygen atoms in total. The zero-order valence-electron chi connectivity index (χ0n) is 13.9. The maximum atomic E-state index is 13.5. The summed E-state index contributed by atoms with van der Waals surface area (Å²) in [5, 5.41) is 15.1. The predicted octanol–water partition coefficient (Wildman–Crippen LogP) is 1.94. The lowest BCUT2D eigenvalue weighted by Crippen LogP contribution is -2.49. The Morgan fingerprint density at radius 3 is 2.54 bits per heavy atom. The van der Waals surface area contributed by atoms with Gasteiger partial charge >= 0.3 is 11.8 Å². The number of aliphatic hydroxyl groups is 1. The van der Waals surface area contributed by atoms with Crippen LogP contribution in [0.15, 0.2) is 42.5 Å². The molecule has 0 spiro atoms. The number of carbonyl (C=O) groups is 2. The highest BCUT2D eigenvalue weighted by Gasteiger charge is 2.33. The Morgan fingerprint density at radius 2 is 1.81 bits per heavy atom. The summed E-state index contributed by atoms with van der Waals surface area (Å²) < 4.78 is 26.4. The third-order valence-electron chi connectivity index (χ3n) is 4.46. The topological polar surface area (TPSA) is 78.4 Å². The highest BCUT2D eigenvalue weighted by Crippen LogP contribution is 2.28. The fraction of sp³-hybridized carbons (Fsp3) is 0.263. The van der Waals surface area contributed by atoms with Crippen molar-refractivity contribution in [2.45, 2.75) is 24.9 Å². The van der Waals surface area contributed by atoms with E-state index in [-0.39, 0.29) is 12.2 Å². The highest BCUT2D eigenvalue weighted by atomic mass is 19.1. The van der Waals surface area contributed by atoms with E-state index in [0.29, 0.717) is 25.3 Å². The van der Waals surface area contributed by atoms with Crippen molar-refractivity contribution >= 4 is 17.5 Å². The number of hydrogen-bond acceptors (Lipinski definition) is 3. The molecule has 3 N–H and O–H groups in total. The Balaban J connectivity index is 1.57. The van der Waals surface area contributed by atoms with Crippen molar-refractivity contribution in [2.24, 2.45) is 0 Å². The Kier molecular flexibility index (Phi) is 4.99. The average molecular weight is 360 g/mol. The molecule has 136 valence electrons. The van der Waals surface area contributed by atoms with Gasteiger partial charge in [-0.1, -0.05) is 24.3 Å². The number of aryl methyl sites for hydroxylation is 1. The van der Waals surface area contributed by atoms with Crippen LogP contribution >= 0.6 is 0 Å². The van der Waals surface area contributed by atoms with Crippen LogP contribution in [0.2, 0.25) is 0 Å². The van der Waals surface area contributed by atoms with Gasteiger partial charge in [0.25, 0.3) is 0 Å². The van der Waals surface area contributed by atoms with Crippen molar-refractivity contribution in [3.8, 4) is 0 Å². The molecular weight excluding hydrogens is 342 g/mol. The SMILES string of the molecule is O=C(NCC1(O)CCc2ccccc2C1)C(=O)Nc1ccc(F)cc1F. The van der Waals surface area contributed by atoms with Crippen LogP contribution in [-0.2, 0) is 22.4 Å². The van der Waals surface area contributed by atoms with E-state index in [4.69, 9.17) is 0 Å². The number of halogens is 2. The highest BCUT2D eigenvalue weighted by molar-refractivity contribution is 6.39. The second kappa shape index (κ2) is 7.21. The van der Waals surface area contributed by atoms with Crippen LogP contribution in [-0.4, -0.2) is 29.1 Å². The van der Waals surface area contributed by atoms with E-state index in [9.17, 15) is 23.5 Å². The summed E-state index contributed by atoms with van der Waals surface area (Å²) in [5.74, 6) is -3.85. The van der Waals surface area contributed by atoms with E-state index >= 15 is 0 Å². The van der Waals surface area contributed by atoms with Crippen molar-refractivity contribution in [2.75, 3.05) is 11.9 Å². The normalized spacial score (nSPS) is 18.7. The summed E-state index contributed by atoms with van der Waals surface area (Å²) >= 11 is 0. The molecule has 2 amide bonds. The number of fused-ring (bicyclic) bond motifs is 1. The molecular formula is C19H18F2N2O3. The summed E-state index contributed by atoms with van der Waals surface area (Å²) in [5.41, 5.74) is 0.726. The minimum absolute atomic E-state index is 0.0977. The maximum absolute atomic E-state index is 13.5. The van der Waals surface area contributed by atoms with Crippen molar-refractivity contribution < 1.29 is 23.5 Å². The first-order valence-electron chi connectivity index (χ1n) is 8.20. The Morgan fingerprint density at radius 1 is 1.08 bits per heavy atom. The minimum atomic E-state index is -1.15. The van der Waals surface area contributed by atoms with Crippen LogP contribution in [0.4, 0.5) is 14.5 Å². The first kappa shape index (κ1) is 18.0. The number of carbonyl (C=O) groups excluding carboxylic acids is 2. The molecule has 0 heterocycles. The molecule has 3 rings (SSSR count). The number of hydrogen-bond donors (Lipinski definition) is 3. The van der Waals surface area contributed by atoms with Gasteiger partial charge in [0.05, 0.1) is 11.3 Å². The molecule has 7 heteroatoms. The largest absolute Gasteiger partial charge is 0.388 e. The molecule has 0 fully saturated rings. The molecule has 1 unspecified atom stereocenters. The molecule has 0 aliphatic heterocycles. The van der Waals surface area contributed by atoms with E-state index in [1.165, 1.54) is 0 Å². The number of anilines is 1. The molecule has 0 saturated carbocycles. The number of nitrogens with one attached hydrogen (secondary N) is 2. The Hall–Kier alpha value is -2.80. The van der Waals surface area contributed by atoms with Gasteiger partial charge in [-0.2, -0.15) is 0 Å². The fourth-order valence-corrected chi connectivity index (χ4v) is 3.03. The number of amides is 2. The van der Waals surface area contributed by atoms with Crippen molar-refractivity contribution in [1.82, 2.24) is 5.32 Å². The lowest BCUT2D eigenvalue weighted by molar-refractivity contribution is -0.136. The molecule has 2 aromatic carbocycles. The van der Waals surface area contributed by atoms with Crippen molar-refractivity contribution in [3.63, 3.8) is 0 Å². The van der Waals surface area contributed by atoms with E-state index < -0.39 is 29.0 Å². The third-order valence-corrected chi connectivity index (χ3v) is 4.46. The quantitative estimate of drug-likeness (QED) is 0.732. The van der Waals surface area contributed by atoms with Crippen molar-refractivity contribution in [1.29, 1.82) is 0 Å². The van der Waals surface area contributed by atoms with Gasteiger partial charge in [0, 0.05) is 19.0 Å². The van der Waals surface area contributed by atoms with Crippen LogP contribution in [0.25, 0.3) is 0 Å². The van der Waals surface area contributed by atoms with Gasteiger partial charge in [-0.15, -0.1) is 0 Å². The van der Waals surface area contributed by atoms with E-state index in [2.05, 4.69) is 10.6 Å². The second-order valence-corrected chi connectivity index (χ2v) is 6.43. The Labute approximate surface area is 149 Å². The number of benzene rings is 2. The molecule has 0 aromatic heterocycles. The van der Waals surface area contributed by atoms with Crippen LogP contribution < -0.4 is 10.6 Å². The van der Waals surface area contributed by atoms with Crippen LogP contribution in [0.1, 0.15) is 17.5 Å². The molecule has 0 bridgehead atoms. The summed E-state index contributed by atoms with van der Waals surface area (Å²) in [6, 6.07) is 10.3. The summed E-state index contributed by atoms with van der Waals surface area (Å²) in [4.78, 5) is 23.8.